The molecule has 0 unspecified atom stereocenters. The van der Waals surface area contributed by atoms with Crippen molar-refractivity contribution in [1.29, 1.82) is 0 Å². The van der Waals surface area contributed by atoms with Crippen LogP contribution in [0.3, 0.4) is 0 Å². The summed E-state index contributed by atoms with van der Waals surface area (Å²) in [6.07, 6.45) is 15.1. The van der Waals surface area contributed by atoms with Crippen LogP contribution in [0.4, 0.5) is 11.4 Å². The van der Waals surface area contributed by atoms with Gasteiger partial charge in [0, 0.05) is 95.3 Å². The van der Waals surface area contributed by atoms with Gasteiger partial charge in [0.25, 0.3) is 5.91 Å². The first kappa shape index (κ1) is 49.3. The Morgan fingerprint density at radius 3 is 2.18 bits per heavy atom. The molecule has 2 amide bonds. The number of anilines is 1. The van der Waals surface area contributed by atoms with Crippen molar-refractivity contribution in [3.8, 4) is 5.75 Å². The van der Waals surface area contributed by atoms with Crippen molar-refractivity contribution in [3.05, 3.63) is 172 Å². The molecule has 0 saturated carbocycles. The minimum Gasteiger partial charge on any atom is -0.497 e. The molecule has 4 heterocycles. The first-order chi connectivity index (χ1) is 34.2. The van der Waals surface area contributed by atoms with Crippen LogP contribution >= 0.6 is 11.6 Å². The van der Waals surface area contributed by atoms with Crippen molar-refractivity contribution in [2.24, 2.45) is 0 Å². The summed E-state index contributed by atoms with van der Waals surface area (Å²) in [7, 11) is 1.60. The lowest BCUT2D eigenvalue weighted by Gasteiger charge is -2.35. The Balaban J connectivity index is 0.856. The average molecular weight is 970 g/mol. The van der Waals surface area contributed by atoms with Crippen LogP contribution in [-0.2, 0) is 33.3 Å². The Kier molecular flexibility index (Phi) is 14.0. The monoisotopic (exact) mass is 968 g/mol. The molecule has 3 aliphatic rings. The third-order valence-electron chi connectivity index (χ3n) is 15.2. The third-order valence-corrected chi connectivity index (χ3v) is 15.5. The van der Waals surface area contributed by atoms with E-state index in [9.17, 15) is 14.4 Å². The Bertz CT molecular complexity index is 3180. The number of likely N-dealkylation sites (N-methyl/N-ethyl adjacent to an activating group) is 1. The van der Waals surface area contributed by atoms with E-state index < -0.39 is 0 Å². The summed E-state index contributed by atoms with van der Waals surface area (Å²) in [5, 5.41) is 3.96. The van der Waals surface area contributed by atoms with Crippen molar-refractivity contribution in [1.82, 2.24) is 14.4 Å². The second-order valence-electron chi connectivity index (χ2n) is 20.3. The fourth-order valence-electron chi connectivity index (χ4n) is 11.4. The highest BCUT2D eigenvalue weighted by Gasteiger charge is 2.45. The number of hydrogen-bond acceptors (Lipinski definition) is 5. The van der Waals surface area contributed by atoms with Gasteiger partial charge in [-0.15, -0.1) is 0 Å². The number of fused-ring (bicyclic) bond motifs is 5. The zero-order valence-corrected chi connectivity index (χ0v) is 43.4. The van der Waals surface area contributed by atoms with Gasteiger partial charge in [-0.1, -0.05) is 93.4 Å². The number of allylic oxidation sites excluding steroid dienone is 6. The molecular weight excluding hydrogens is 902 g/mol. The second-order valence-corrected chi connectivity index (χ2v) is 20.7. The molecule has 6 aromatic rings. The number of methoxy groups -OCH3 is 1. The number of halogens is 1. The molecule has 5 aromatic carbocycles. The maximum Gasteiger partial charge on any atom is 0.262 e. The SMILES string of the molecule is CCCCC[N+]1=C(/C=C/C=C/C=C2/N(CC)c3ccc(CC(=O)N4CCN(C(=O)Cc5c(C)n(C(=O)c6ccc(Cl)cc6)c6ccc(OC)cc56)CC4)cc3C2(C)C)C(C)(C)c2c1ccc1ccccc21. The van der Waals surface area contributed by atoms with Gasteiger partial charge in [-0.3, -0.25) is 19.0 Å². The predicted octanol–water partition coefficient (Wildman–Crippen LogP) is 12.3. The van der Waals surface area contributed by atoms with Crippen LogP contribution in [0.1, 0.15) is 99.1 Å². The normalized spacial score (nSPS) is 16.9. The molecule has 0 bridgehead atoms. The van der Waals surface area contributed by atoms with Gasteiger partial charge < -0.3 is 19.4 Å². The molecular formula is C61H67ClN5O4+. The highest BCUT2D eigenvalue weighted by atomic mass is 35.5. The molecule has 0 spiro atoms. The lowest BCUT2D eigenvalue weighted by molar-refractivity contribution is -0.438. The number of nitrogens with zero attached hydrogens (tertiary/aromatic N) is 5. The Morgan fingerprint density at radius 1 is 0.761 bits per heavy atom. The summed E-state index contributed by atoms with van der Waals surface area (Å²) in [6, 6.07) is 32.2. The first-order valence-corrected chi connectivity index (χ1v) is 25.7. The minimum absolute atomic E-state index is 0.0435. The highest BCUT2D eigenvalue weighted by Crippen LogP contribution is 2.48. The van der Waals surface area contributed by atoms with Gasteiger partial charge in [-0.2, -0.15) is 4.58 Å². The fraction of sp³-hybridized carbons (Fsp3) is 0.344. The molecule has 3 aliphatic heterocycles. The Labute approximate surface area is 424 Å². The molecule has 0 aliphatic carbocycles. The Morgan fingerprint density at radius 2 is 1.48 bits per heavy atom. The highest BCUT2D eigenvalue weighted by molar-refractivity contribution is 6.30. The van der Waals surface area contributed by atoms with E-state index in [2.05, 4.69) is 136 Å². The van der Waals surface area contributed by atoms with Crippen LogP contribution in [0.5, 0.6) is 5.75 Å². The maximum absolute atomic E-state index is 14.0. The number of ether oxygens (including phenoxy) is 1. The smallest absolute Gasteiger partial charge is 0.262 e. The fourth-order valence-corrected chi connectivity index (χ4v) is 11.5. The van der Waals surface area contributed by atoms with Gasteiger partial charge in [0.2, 0.25) is 17.5 Å². The van der Waals surface area contributed by atoms with E-state index in [-0.39, 0.29) is 35.0 Å². The lowest BCUT2D eigenvalue weighted by atomic mass is 9.79. The Hall–Kier alpha value is -6.71. The van der Waals surface area contributed by atoms with E-state index in [1.165, 1.54) is 57.5 Å². The summed E-state index contributed by atoms with van der Waals surface area (Å²) in [6.45, 7) is 19.2. The number of carbonyl (C=O) groups excluding carboxylic acids is 3. The maximum atomic E-state index is 14.0. The van der Waals surface area contributed by atoms with Crippen LogP contribution in [0, 0.1) is 6.92 Å². The molecule has 9 rings (SSSR count). The van der Waals surface area contributed by atoms with E-state index in [0.717, 1.165) is 36.0 Å². The number of hydrogen-bond donors (Lipinski definition) is 0. The molecule has 366 valence electrons. The molecule has 1 aromatic heterocycles. The van der Waals surface area contributed by atoms with Crippen LogP contribution in [-0.4, -0.2) is 88.8 Å². The van der Waals surface area contributed by atoms with Crippen molar-refractivity contribution in [3.63, 3.8) is 0 Å². The van der Waals surface area contributed by atoms with Crippen molar-refractivity contribution >= 4 is 68.1 Å². The number of benzene rings is 5. The summed E-state index contributed by atoms with van der Waals surface area (Å²) in [5.41, 5.74) is 11.0. The summed E-state index contributed by atoms with van der Waals surface area (Å²) in [4.78, 5) is 47.9. The molecule has 1 fully saturated rings. The largest absolute Gasteiger partial charge is 0.497 e. The summed E-state index contributed by atoms with van der Waals surface area (Å²) >= 11 is 6.12. The zero-order chi connectivity index (χ0) is 50.2. The quantitative estimate of drug-likeness (QED) is 0.0617. The van der Waals surface area contributed by atoms with Crippen molar-refractivity contribution < 1.29 is 23.7 Å². The van der Waals surface area contributed by atoms with Gasteiger partial charge in [0.05, 0.1) is 30.9 Å². The number of amides is 2. The number of unbranched alkanes of at least 4 members (excludes halogenated alkanes) is 2. The molecule has 0 N–H and O–H groups in total. The summed E-state index contributed by atoms with van der Waals surface area (Å²) in [5.74, 6) is 0.459. The average Bonchev–Trinajstić information content (AvgIpc) is 3.86. The zero-order valence-electron chi connectivity index (χ0n) is 42.6. The first-order valence-electron chi connectivity index (χ1n) is 25.3. The number of rotatable bonds is 14. The van der Waals surface area contributed by atoms with Gasteiger partial charge in [0.1, 0.15) is 12.3 Å². The molecule has 71 heavy (non-hydrogen) atoms. The van der Waals surface area contributed by atoms with E-state index in [4.69, 9.17) is 16.3 Å². The molecule has 0 radical (unpaired) electrons. The topological polar surface area (TPSA) is 78.1 Å². The van der Waals surface area contributed by atoms with Gasteiger partial charge in [0.15, 0.2) is 5.71 Å². The second kappa shape index (κ2) is 20.2. The van der Waals surface area contributed by atoms with Gasteiger partial charge >= 0.3 is 0 Å². The standard InChI is InChI=1S/C61H67ClN5O4/c1-9-11-17-32-66-53-30-25-43-18-15-16-19-47(43)58(53)61(6,7)55(66)21-14-12-13-20-54-60(4,5)50-37-42(22-29-52(50)65(54)10-2)38-56(68)63-33-35-64(36-34-63)57(69)40-48-41(3)67(51-31-28-46(71-8)39-49(48)51)59(70)44-23-26-45(62)27-24-44/h12-16,18-31,37,39H,9-11,17,32-36,38,40H2,1-8H3/q+1. The summed E-state index contributed by atoms with van der Waals surface area (Å²) < 4.78 is 9.77. The van der Waals surface area contributed by atoms with Crippen LogP contribution in [0.15, 0.2) is 133 Å². The van der Waals surface area contributed by atoms with Crippen molar-refractivity contribution in [2.75, 3.05) is 51.3 Å². The van der Waals surface area contributed by atoms with Crippen molar-refractivity contribution in [2.45, 2.75) is 91.4 Å². The number of carbonyl (C=O) groups is 3. The van der Waals surface area contributed by atoms with E-state index >= 15 is 0 Å². The predicted molar refractivity (Wildman–Crippen MR) is 290 cm³/mol. The minimum atomic E-state index is -0.273. The molecule has 9 nitrogen and oxygen atoms in total. The van der Waals surface area contributed by atoms with Crippen LogP contribution in [0.2, 0.25) is 5.02 Å². The number of piperazine rings is 1. The molecule has 0 atom stereocenters. The number of aromatic nitrogens is 1. The third kappa shape index (κ3) is 9.25. The molecule has 1 saturated heterocycles. The van der Waals surface area contributed by atoms with Gasteiger partial charge in [-0.25, -0.2) is 0 Å². The lowest BCUT2D eigenvalue weighted by Crippen LogP contribution is -2.51. The van der Waals surface area contributed by atoms with E-state index in [1.54, 1.807) is 35.9 Å². The van der Waals surface area contributed by atoms with E-state index in [0.29, 0.717) is 60.1 Å². The van der Waals surface area contributed by atoms with Crippen LogP contribution in [0.25, 0.3) is 21.7 Å². The molecule has 10 heteroatoms. The van der Waals surface area contributed by atoms with Crippen LogP contribution < -0.4 is 9.64 Å². The van der Waals surface area contributed by atoms with Gasteiger partial charge in [-0.05, 0) is 122 Å². The van der Waals surface area contributed by atoms with E-state index in [1.807, 2.05) is 34.9 Å².